The van der Waals surface area contributed by atoms with Crippen LogP contribution in [-0.2, 0) is 14.8 Å². The van der Waals surface area contributed by atoms with Gasteiger partial charge in [-0.2, -0.15) is 10.4 Å². The van der Waals surface area contributed by atoms with Gasteiger partial charge in [0.25, 0.3) is 15.9 Å². The molecule has 3 aromatic carbocycles. The molecule has 0 saturated carbocycles. The summed E-state index contributed by atoms with van der Waals surface area (Å²) >= 11 is 0. The van der Waals surface area contributed by atoms with Gasteiger partial charge in [-0.05, 0) is 61.0 Å². The topological polar surface area (TPSA) is 130 Å². The summed E-state index contributed by atoms with van der Waals surface area (Å²) in [5, 5.41) is 12.5. The maximum Gasteiger partial charge on any atom is 0.264 e. The monoisotopic (exact) mass is 522 g/mol. The Labute approximate surface area is 215 Å². The highest BCUT2D eigenvalue weighted by atomic mass is 32.2. The van der Waals surface area contributed by atoms with Crippen LogP contribution in [0.5, 0.6) is 17.2 Å². The van der Waals surface area contributed by atoms with Gasteiger partial charge in [0.05, 0.1) is 31.0 Å². The Balaban J connectivity index is 1.86. The number of benzene rings is 3. The highest BCUT2D eigenvalue weighted by Crippen LogP contribution is 2.35. The van der Waals surface area contributed by atoms with Gasteiger partial charge in [0.15, 0.2) is 6.61 Å². The molecule has 1 N–H and O–H groups in total. The van der Waals surface area contributed by atoms with Crippen LogP contribution in [0.15, 0.2) is 76.7 Å². The van der Waals surface area contributed by atoms with Crippen molar-refractivity contribution in [3.8, 4) is 23.3 Å². The van der Waals surface area contributed by atoms with Crippen molar-refractivity contribution in [3.63, 3.8) is 0 Å². The lowest BCUT2D eigenvalue weighted by Gasteiger charge is -2.25. The van der Waals surface area contributed by atoms with Gasteiger partial charge in [0, 0.05) is 6.07 Å². The van der Waals surface area contributed by atoms with E-state index in [4.69, 9.17) is 19.5 Å². The molecule has 0 spiro atoms. The molecule has 1 amide bonds. The Morgan fingerprint density at radius 1 is 1.03 bits per heavy atom. The predicted molar refractivity (Wildman–Crippen MR) is 139 cm³/mol. The Kier molecular flexibility index (Phi) is 9.07. The van der Waals surface area contributed by atoms with Crippen LogP contribution in [0.25, 0.3) is 0 Å². The lowest BCUT2D eigenvalue weighted by Crippen LogP contribution is -2.39. The molecule has 0 bridgehead atoms. The molecule has 192 valence electrons. The molecular weight excluding hydrogens is 496 g/mol. The van der Waals surface area contributed by atoms with Gasteiger partial charge in [-0.25, -0.2) is 13.8 Å². The number of anilines is 1. The van der Waals surface area contributed by atoms with Crippen molar-refractivity contribution < 1.29 is 27.4 Å². The summed E-state index contributed by atoms with van der Waals surface area (Å²) in [7, 11) is -1.31. The number of hydrazone groups is 1. The van der Waals surface area contributed by atoms with Crippen molar-refractivity contribution in [3.05, 3.63) is 77.9 Å². The summed E-state index contributed by atoms with van der Waals surface area (Å²) in [4.78, 5) is 12.8. The van der Waals surface area contributed by atoms with Crippen LogP contribution in [0.4, 0.5) is 5.69 Å². The molecule has 0 atom stereocenters. The van der Waals surface area contributed by atoms with E-state index in [1.807, 2.05) is 13.0 Å². The zero-order chi connectivity index (χ0) is 26.8. The molecule has 0 heterocycles. The summed E-state index contributed by atoms with van der Waals surface area (Å²) in [5.41, 5.74) is 4.04. The minimum absolute atomic E-state index is 0.0120. The fraction of sp³-hybridized carbons (Fsp3) is 0.192. The molecule has 0 aliphatic rings. The molecule has 0 aliphatic heterocycles. The third kappa shape index (κ3) is 6.99. The largest absolute Gasteiger partial charge is 0.497 e. The van der Waals surface area contributed by atoms with Gasteiger partial charge in [0.1, 0.15) is 29.9 Å². The van der Waals surface area contributed by atoms with E-state index in [0.29, 0.717) is 17.1 Å². The van der Waals surface area contributed by atoms with E-state index in [2.05, 4.69) is 10.5 Å². The zero-order valence-corrected chi connectivity index (χ0v) is 21.4. The number of ether oxygens (including phenoxy) is 3. The van der Waals surface area contributed by atoms with Crippen molar-refractivity contribution in [1.82, 2.24) is 5.43 Å². The van der Waals surface area contributed by atoms with Crippen LogP contribution in [0.2, 0.25) is 0 Å². The smallest absolute Gasteiger partial charge is 0.264 e. The van der Waals surface area contributed by atoms with Crippen molar-refractivity contribution in [1.29, 1.82) is 5.26 Å². The number of nitriles is 1. The number of hydrogen-bond donors (Lipinski definition) is 1. The van der Waals surface area contributed by atoms with Gasteiger partial charge in [-0.15, -0.1) is 0 Å². The minimum atomic E-state index is -4.16. The van der Waals surface area contributed by atoms with E-state index in [1.165, 1.54) is 38.6 Å². The summed E-state index contributed by atoms with van der Waals surface area (Å²) in [6, 6.07) is 19.6. The highest BCUT2D eigenvalue weighted by molar-refractivity contribution is 7.92. The van der Waals surface area contributed by atoms with Crippen LogP contribution in [0.1, 0.15) is 11.1 Å². The zero-order valence-electron chi connectivity index (χ0n) is 20.5. The number of aryl methyl sites for hydroxylation is 1. The van der Waals surface area contributed by atoms with E-state index in [0.717, 1.165) is 9.87 Å². The number of carbonyl (C=O) groups is 1. The molecule has 37 heavy (non-hydrogen) atoms. The van der Waals surface area contributed by atoms with Crippen LogP contribution >= 0.6 is 0 Å². The molecule has 0 radical (unpaired) electrons. The maximum atomic E-state index is 13.6. The molecule has 0 aliphatic carbocycles. The molecule has 0 saturated heterocycles. The quantitative estimate of drug-likeness (QED) is 0.302. The Bertz CT molecular complexity index is 1400. The average molecular weight is 523 g/mol. The number of hydrogen-bond acceptors (Lipinski definition) is 8. The van der Waals surface area contributed by atoms with Crippen LogP contribution in [-0.4, -0.2) is 47.9 Å². The molecule has 3 rings (SSSR count). The second kappa shape index (κ2) is 12.4. The number of rotatable bonds is 11. The highest BCUT2D eigenvalue weighted by Gasteiger charge is 2.30. The Morgan fingerprint density at radius 2 is 1.70 bits per heavy atom. The summed E-state index contributed by atoms with van der Waals surface area (Å²) < 4.78 is 44.0. The van der Waals surface area contributed by atoms with Gasteiger partial charge < -0.3 is 14.2 Å². The molecule has 11 heteroatoms. The first kappa shape index (κ1) is 27.0. The summed E-state index contributed by atoms with van der Waals surface area (Å²) in [6.45, 7) is 1.21. The van der Waals surface area contributed by atoms with Crippen LogP contribution in [0.3, 0.4) is 0 Å². The van der Waals surface area contributed by atoms with E-state index < -0.39 is 22.5 Å². The number of sulfonamides is 1. The first-order chi connectivity index (χ1) is 17.8. The van der Waals surface area contributed by atoms with E-state index >= 15 is 0 Å². The second-order valence-corrected chi connectivity index (χ2v) is 9.53. The first-order valence-corrected chi connectivity index (χ1v) is 12.5. The van der Waals surface area contributed by atoms with Crippen molar-refractivity contribution >= 4 is 27.8 Å². The van der Waals surface area contributed by atoms with Crippen molar-refractivity contribution in [2.45, 2.75) is 11.8 Å². The molecule has 0 fully saturated rings. The predicted octanol–water partition coefficient (Wildman–Crippen LogP) is 3.26. The van der Waals surface area contributed by atoms with Gasteiger partial charge >= 0.3 is 0 Å². The van der Waals surface area contributed by atoms with Gasteiger partial charge in [-0.1, -0.05) is 17.7 Å². The first-order valence-electron chi connectivity index (χ1n) is 11.0. The molecule has 3 aromatic rings. The molecular formula is C26H26N4O6S. The normalized spacial score (nSPS) is 11.0. The molecule has 0 aromatic heterocycles. The molecule has 0 unspecified atom stereocenters. The minimum Gasteiger partial charge on any atom is -0.497 e. The van der Waals surface area contributed by atoms with Crippen molar-refractivity contribution in [2.24, 2.45) is 5.10 Å². The fourth-order valence-electron chi connectivity index (χ4n) is 3.24. The Morgan fingerprint density at radius 3 is 2.32 bits per heavy atom. The average Bonchev–Trinajstić information content (AvgIpc) is 2.91. The van der Waals surface area contributed by atoms with E-state index in [9.17, 15) is 13.2 Å². The third-order valence-corrected chi connectivity index (χ3v) is 6.91. The number of nitrogens with one attached hydrogen (secondary N) is 1. The van der Waals surface area contributed by atoms with Gasteiger partial charge in [0.2, 0.25) is 0 Å². The SMILES string of the molecule is COc1ccc(OC)c(N(CC(=O)N/N=C\c2ccc(OCC#N)cc2)S(=O)(=O)c2ccc(C)cc2)c1. The number of nitrogens with zero attached hydrogens (tertiary/aromatic N) is 3. The van der Waals surface area contributed by atoms with Crippen molar-refractivity contribution in [2.75, 3.05) is 31.7 Å². The van der Waals surface area contributed by atoms with Crippen LogP contribution in [0, 0.1) is 18.3 Å². The Hall–Kier alpha value is -4.56. The lowest BCUT2D eigenvalue weighted by atomic mass is 10.2. The lowest BCUT2D eigenvalue weighted by molar-refractivity contribution is -0.119. The third-order valence-electron chi connectivity index (χ3n) is 5.14. The van der Waals surface area contributed by atoms with Crippen LogP contribution < -0.4 is 23.9 Å². The standard InChI is InChI=1S/C26H26N4O6S/c1-19-4-11-23(12-5-19)37(32,33)30(24-16-22(34-2)10-13-25(24)35-3)18-26(31)29-28-17-20-6-8-21(9-7-20)36-15-14-27/h4-13,16-17H,15,18H2,1-3H3,(H,29,31)/b28-17-. The second-order valence-electron chi connectivity index (χ2n) is 7.67. The number of carbonyl (C=O) groups excluding carboxylic acids is 1. The number of methoxy groups -OCH3 is 2. The van der Waals surface area contributed by atoms with E-state index in [1.54, 1.807) is 48.5 Å². The summed E-state index contributed by atoms with van der Waals surface area (Å²) in [5.74, 6) is 0.477. The van der Waals surface area contributed by atoms with E-state index in [-0.39, 0.29) is 22.9 Å². The summed E-state index contributed by atoms with van der Waals surface area (Å²) in [6.07, 6.45) is 1.40. The number of amides is 1. The maximum absolute atomic E-state index is 13.6. The van der Waals surface area contributed by atoms with Gasteiger partial charge in [-0.3, -0.25) is 9.10 Å². The fourth-order valence-corrected chi connectivity index (χ4v) is 4.66. The molecule has 10 nitrogen and oxygen atoms in total.